The molecule has 2 aromatic rings. The Kier molecular flexibility index (Phi) is 4.00. The van der Waals surface area contributed by atoms with Gasteiger partial charge in [0.2, 0.25) is 5.95 Å². The van der Waals surface area contributed by atoms with E-state index in [4.69, 9.17) is 5.73 Å². The number of hydrogen-bond donors (Lipinski definition) is 1. The molecular weight excluding hydrogens is 341 g/mol. The predicted molar refractivity (Wildman–Crippen MR) is 81.4 cm³/mol. The van der Waals surface area contributed by atoms with Gasteiger partial charge in [-0.1, -0.05) is 37.3 Å². The number of halogens is 1. The number of anilines is 1. The van der Waals surface area contributed by atoms with E-state index >= 15 is 0 Å². The number of aromatic nitrogens is 2. The Morgan fingerprint density at radius 1 is 1.33 bits per heavy atom. The zero-order chi connectivity index (χ0) is 13.1. The molecule has 0 saturated heterocycles. The Morgan fingerprint density at radius 3 is 2.61 bits per heavy atom. The minimum absolute atomic E-state index is 0.0659. The quantitative estimate of drug-likeness (QED) is 0.861. The van der Waals surface area contributed by atoms with Crippen molar-refractivity contribution in [2.75, 3.05) is 5.73 Å². The highest BCUT2D eigenvalue weighted by atomic mass is 127. The molecule has 0 radical (unpaired) electrons. The summed E-state index contributed by atoms with van der Waals surface area (Å²) in [6.07, 6.45) is 0.854. The van der Waals surface area contributed by atoms with Crippen LogP contribution in [0.1, 0.15) is 13.3 Å². The van der Waals surface area contributed by atoms with Crippen molar-refractivity contribution in [3.8, 4) is 11.3 Å². The van der Waals surface area contributed by atoms with Gasteiger partial charge in [-0.05, 0) is 29.0 Å². The van der Waals surface area contributed by atoms with Crippen LogP contribution in [0.4, 0.5) is 5.95 Å². The van der Waals surface area contributed by atoms with Crippen LogP contribution in [0.2, 0.25) is 0 Å². The zero-order valence-corrected chi connectivity index (χ0v) is 12.2. The van der Waals surface area contributed by atoms with Crippen LogP contribution in [0, 0.1) is 3.57 Å². The van der Waals surface area contributed by atoms with Gasteiger partial charge >= 0.3 is 0 Å². The van der Waals surface area contributed by atoms with Gasteiger partial charge in [0.05, 0.1) is 5.69 Å². The minimum atomic E-state index is -0.0659. The minimum Gasteiger partial charge on any atom is -0.369 e. The van der Waals surface area contributed by atoms with E-state index in [1.165, 1.54) is 4.57 Å². The number of hydrogen-bond acceptors (Lipinski definition) is 3. The SMILES string of the molecule is CCCn1c(N)nc(-c2ccccc2)c(I)c1=O. The van der Waals surface area contributed by atoms with Gasteiger partial charge < -0.3 is 5.73 Å². The molecule has 0 spiro atoms. The number of nitrogen functional groups attached to an aromatic ring is 1. The molecule has 1 heterocycles. The molecule has 0 aliphatic heterocycles. The van der Waals surface area contributed by atoms with E-state index < -0.39 is 0 Å². The first-order valence-electron chi connectivity index (χ1n) is 5.76. The molecule has 94 valence electrons. The van der Waals surface area contributed by atoms with Crippen molar-refractivity contribution in [1.29, 1.82) is 0 Å². The molecule has 0 bridgehead atoms. The van der Waals surface area contributed by atoms with Crippen LogP contribution < -0.4 is 11.3 Å². The molecule has 0 saturated carbocycles. The van der Waals surface area contributed by atoms with Crippen molar-refractivity contribution >= 4 is 28.5 Å². The second-order valence-electron chi connectivity index (χ2n) is 3.96. The van der Waals surface area contributed by atoms with Crippen LogP contribution in [-0.4, -0.2) is 9.55 Å². The second kappa shape index (κ2) is 5.51. The summed E-state index contributed by atoms with van der Waals surface area (Å²) in [6.45, 7) is 2.60. The standard InChI is InChI=1S/C13H14IN3O/c1-2-8-17-12(18)10(14)11(16-13(17)15)9-6-4-3-5-7-9/h3-7H,2,8H2,1H3,(H2,15,16). The van der Waals surface area contributed by atoms with Crippen LogP contribution in [0.5, 0.6) is 0 Å². The maximum atomic E-state index is 12.2. The Hall–Kier alpha value is -1.37. The third-order valence-corrected chi connectivity index (χ3v) is 3.61. The molecule has 2 N–H and O–H groups in total. The lowest BCUT2D eigenvalue weighted by Gasteiger charge is -2.11. The Balaban J connectivity index is 2.62. The van der Waals surface area contributed by atoms with E-state index in [0.29, 0.717) is 15.8 Å². The van der Waals surface area contributed by atoms with Crippen LogP contribution in [0.15, 0.2) is 35.1 Å². The Labute approximate surface area is 119 Å². The topological polar surface area (TPSA) is 60.9 Å². The molecule has 0 unspecified atom stereocenters. The number of nitrogens with zero attached hydrogens (tertiary/aromatic N) is 2. The maximum absolute atomic E-state index is 12.2. The maximum Gasteiger partial charge on any atom is 0.268 e. The zero-order valence-electron chi connectivity index (χ0n) is 10.1. The third kappa shape index (κ3) is 2.40. The molecule has 2 rings (SSSR count). The lowest BCUT2D eigenvalue weighted by Crippen LogP contribution is -2.27. The van der Waals surface area contributed by atoms with Crippen LogP contribution >= 0.6 is 22.6 Å². The van der Waals surface area contributed by atoms with Gasteiger partial charge in [-0.25, -0.2) is 4.98 Å². The molecule has 0 amide bonds. The Morgan fingerprint density at radius 2 is 2.00 bits per heavy atom. The van der Waals surface area contributed by atoms with Crippen LogP contribution in [0.3, 0.4) is 0 Å². The number of rotatable bonds is 3. The summed E-state index contributed by atoms with van der Waals surface area (Å²) in [5.74, 6) is 0.279. The van der Waals surface area contributed by atoms with Gasteiger partial charge in [-0.2, -0.15) is 0 Å². The highest BCUT2D eigenvalue weighted by Crippen LogP contribution is 2.21. The lowest BCUT2D eigenvalue weighted by atomic mass is 10.1. The molecule has 4 nitrogen and oxygen atoms in total. The molecule has 0 atom stereocenters. The number of benzene rings is 1. The van der Waals surface area contributed by atoms with E-state index in [1.807, 2.05) is 59.8 Å². The number of nitrogens with two attached hydrogens (primary N) is 1. The molecule has 18 heavy (non-hydrogen) atoms. The first-order chi connectivity index (χ1) is 8.65. The van der Waals surface area contributed by atoms with Gasteiger partial charge in [0.25, 0.3) is 5.56 Å². The van der Waals surface area contributed by atoms with Crippen molar-refractivity contribution in [2.24, 2.45) is 0 Å². The van der Waals surface area contributed by atoms with Gasteiger partial charge in [0, 0.05) is 12.1 Å². The van der Waals surface area contributed by atoms with Gasteiger partial charge in [-0.3, -0.25) is 9.36 Å². The van der Waals surface area contributed by atoms with E-state index in [-0.39, 0.29) is 11.5 Å². The van der Waals surface area contributed by atoms with Gasteiger partial charge in [-0.15, -0.1) is 0 Å². The van der Waals surface area contributed by atoms with E-state index in [2.05, 4.69) is 4.98 Å². The van der Waals surface area contributed by atoms with Crippen molar-refractivity contribution in [3.63, 3.8) is 0 Å². The first-order valence-corrected chi connectivity index (χ1v) is 6.84. The summed E-state index contributed by atoms with van der Waals surface area (Å²) in [5.41, 5.74) is 7.37. The van der Waals surface area contributed by atoms with Crippen molar-refractivity contribution in [1.82, 2.24) is 9.55 Å². The van der Waals surface area contributed by atoms with Crippen LogP contribution in [0.25, 0.3) is 11.3 Å². The fraction of sp³-hybridized carbons (Fsp3) is 0.231. The normalized spacial score (nSPS) is 10.6. The fourth-order valence-electron chi connectivity index (χ4n) is 1.77. The van der Waals surface area contributed by atoms with Crippen molar-refractivity contribution in [2.45, 2.75) is 19.9 Å². The summed E-state index contributed by atoms with van der Waals surface area (Å²) in [5, 5.41) is 0. The summed E-state index contributed by atoms with van der Waals surface area (Å²) in [4.78, 5) is 16.6. The van der Waals surface area contributed by atoms with E-state index in [1.54, 1.807) is 0 Å². The van der Waals surface area contributed by atoms with Crippen molar-refractivity contribution in [3.05, 3.63) is 44.3 Å². The molecule has 0 fully saturated rings. The third-order valence-electron chi connectivity index (χ3n) is 2.64. The summed E-state index contributed by atoms with van der Waals surface area (Å²) in [6, 6.07) is 9.61. The van der Waals surface area contributed by atoms with Gasteiger partial charge in [0.15, 0.2) is 0 Å². The highest BCUT2D eigenvalue weighted by molar-refractivity contribution is 14.1. The average Bonchev–Trinajstić information content (AvgIpc) is 2.40. The van der Waals surface area contributed by atoms with Crippen molar-refractivity contribution < 1.29 is 0 Å². The highest BCUT2D eigenvalue weighted by Gasteiger charge is 2.13. The first kappa shape index (κ1) is 13.1. The summed E-state index contributed by atoms with van der Waals surface area (Å²) in [7, 11) is 0. The molecular formula is C13H14IN3O. The van der Waals surface area contributed by atoms with E-state index in [0.717, 1.165) is 12.0 Å². The molecule has 5 heteroatoms. The largest absolute Gasteiger partial charge is 0.369 e. The monoisotopic (exact) mass is 355 g/mol. The smallest absolute Gasteiger partial charge is 0.268 e. The molecule has 1 aromatic carbocycles. The fourth-order valence-corrected chi connectivity index (χ4v) is 2.50. The molecule has 0 aliphatic carbocycles. The van der Waals surface area contributed by atoms with E-state index in [9.17, 15) is 4.79 Å². The lowest BCUT2D eigenvalue weighted by molar-refractivity contribution is 0.650. The molecule has 1 aromatic heterocycles. The molecule has 0 aliphatic rings. The summed E-state index contributed by atoms with van der Waals surface area (Å²) >= 11 is 2.04. The Bertz CT molecular complexity index is 608. The van der Waals surface area contributed by atoms with Gasteiger partial charge in [0.1, 0.15) is 3.57 Å². The predicted octanol–water partition coefficient (Wildman–Crippen LogP) is 2.51. The second-order valence-corrected chi connectivity index (χ2v) is 5.03. The van der Waals surface area contributed by atoms with Crippen LogP contribution in [-0.2, 0) is 6.54 Å². The average molecular weight is 355 g/mol. The summed E-state index contributed by atoms with van der Waals surface area (Å²) < 4.78 is 2.13.